The van der Waals surface area contributed by atoms with Gasteiger partial charge in [0.25, 0.3) is 0 Å². The molecule has 222 valence electrons. The molecular formula is C32H35F2N9. The van der Waals surface area contributed by atoms with Crippen LogP contribution >= 0.6 is 0 Å². The van der Waals surface area contributed by atoms with Gasteiger partial charge < -0.3 is 20.9 Å². The van der Waals surface area contributed by atoms with Crippen LogP contribution in [0.3, 0.4) is 0 Å². The molecule has 43 heavy (non-hydrogen) atoms. The zero-order valence-electron chi connectivity index (χ0n) is 24.0. The predicted molar refractivity (Wildman–Crippen MR) is 169 cm³/mol. The molecule has 4 aromatic rings. The number of nitrogens with one attached hydrogen (secondary N) is 1. The van der Waals surface area contributed by atoms with E-state index in [2.05, 4.69) is 39.8 Å². The molecule has 0 aliphatic carbocycles. The first-order chi connectivity index (χ1) is 20.9. The summed E-state index contributed by atoms with van der Waals surface area (Å²) in [5, 5.41) is 3.27. The maximum Gasteiger partial charge on any atom is 0.228 e. The number of aromatic nitrogens is 4. The number of fused-ring (bicyclic) bond motifs is 1. The normalized spacial score (nSPS) is 13.7. The Kier molecular flexibility index (Phi) is 9.21. The Morgan fingerprint density at radius 3 is 1.91 bits per heavy atom. The molecule has 0 unspecified atom stereocenters. The molecule has 11 heteroatoms. The second-order valence-electron chi connectivity index (χ2n) is 10.2. The van der Waals surface area contributed by atoms with E-state index in [1.54, 1.807) is 42.5 Å². The van der Waals surface area contributed by atoms with E-state index in [1.807, 2.05) is 4.90 Å². The van der Waals surface area contributed by atoms with Crippen LogP contribution in [0.2, 0.25) is 0 Å². The summed E-state index contributed by atoms with van der Waals surface area (Å²) in [6.07, 6.45) is 5.28. The van der Waals surface area contributed by atoms with Crippen molar-refractivity contribution in [1.82, 2.24) is 24.8 Å². The van der Waals surface area contributed by atoms with Gasteiger partial charge in [-0.25, -0.2) is 18.7 Å². The number of anilines is 4. The third-order valence-electron chi connectivity index (χ3n) is 7.28. The van der Waals surface area contributed by atoms with Gasteiger partial charge in [0.15, 0.2) is 11.6 Å². The molecule has 0 atom stereocenters. The second-order valence-corrected chi connectivity index (χ2v) is 10.2. The lowest BCUT2D eigenvalue weighted by Gasteiger charge is -2.39. The molecule has 9 nitrogen and oxygen atoms in total. The zero-order valence-corrected chi connectivity index (χ0v) is 24.0. The van der Waals surface area contributed by atoms with Gasteiger partial charge in [0, 0.05) is 45.8 Å². The summed E-state index contributed by atoms with van der Waals surface area (Å²) >= 11 is 0. The van der Waals surface area contributed by atoms with Gasteiger partial charge in [-0.1, -0.05) is 42.5 Å². The summed E-state index contributed by atoms with van der Waals surface area (Å²) in [5.41, 5.74) is 9.31. The smallest absolute Gasteiger partial charge is 0.228 e. The molecule has 1 saturated heterocycles. The Labute approximate surface area is 250 Å². The van der Waals surface area contributed by atoms with Crippen LogP contribution in [-0.2, 0) is 0 Å². The maximum absolute atomic E-state index is 13.7. The van der Waals surface area contributed by atoms with Crippen molar-refractivity contribution in [3.8, 4) is 0 Å². The Balaban J connectivity index is 1.43. The lowest BCUT2D eigenvalue weighted by Crippen LogP contribution is -2.48. The van der Waals surface area contributed by atoms with E-state index in [0.29, 0.717) is 74.6 Å². The van der Waals surface area contributed by atoms with E-state index in [1.165, 1.54) is 24.3 Å². The summed E-state index contributed by atoms with van der Waals surface area (Å²) in [6.45, 7) is 15.5. The fraction of sp³-hybridized carbons (Fsp3) is 0.250. The van der Waals surface area contributed by atoms with Crippen molar-refractivity contribution in [1.29, 1.82) is 0 Å². The van der Waals surface area contributed by atoms with Crippen LogP contribution in [0, 0.1) is 11.6 Å². The number of hydrogen-bond donors (Lipinski definition) is 2. The molecule has 2 aromatic heterocycles. The Hall–Kier alpha value is -4.90. The number of nitrogen functional groups attached to an aromatic ring is 1. The van der Waals surface area contributed by atoms with E-state index in [9.17, 15) is 8.78 Å². The average molecular weight is 584 g/mol. The van der Waals surface area contributed by atoms with Crippen LogP contribution in [0.25, 0.3) is 11.0 Å². The number of nitrogens with two attached hydrogens (primary N) is 1. The minimum absolute atomic E-state index is 0.165. The van der Waals surface area contributed by atoms with Gasteiger partial charge in [0.2, 0.25) is 11.9 Å². The van der Waals surface area contributed by atoms with Gasteiger partial charge >= 0.3 is 0 Å². The predicted octanol–water partition coefficient (Wildman–Crippen LogP) is 4.97. The first kappa shape index (κ1) is 29.6. The fourth-order valence-corrected chi connectivity index (χ4v) is 5.22. The third-order valence-corrected chi connectivity index (χ3v) is 7.28. The Morgan fingerprint density at radius 2 is 1.37 bits per heavy atom. The average Bonchev–Trinajstić information content (AvgIpc) is 3.02. The highest BCUT2D eigenvalue weighted by Crippen LogP contribution is 2.32. The summed E-state index contributed by atoms with van der Waals surface area (Å²) in [6, 6.07) is 12.8. The summed E-state index contributed by atoms with van der Waals surface area (Å²) in [4.78, 5) is 25.2. The first-order valence-corrected chi connectivity index (χ1v) is 14.1. The van der Waals surface area contributed by atoms with Gasteiger partial charge in [-0.15, -0.1) is 19.7 Å². The van der Waals surface area contributed by atoms with Gasteiger partial charge in [0.05, 0.1) is 6.04 Å². The summed E-state index contributed by atoms with van der Waals surface area (Å²) in [7, 11) is 0. The van der Waals surface area contributed by atoms with Crippen LogP contribution in [-0.4, -0.2) is 70.6 Å². The van der Waals surface area contributed by atoms with Crippen molar-refractivity contribution < 1.29 is 8.78 Å². The van der Waals surface area contributed by atoms with E-state index in [0.717, 1.165) is 11.1 Å². The fourth-order valence-electron chi connectivity index (χ4n) is 5.22. The first-order valence-electron chi connectivity index (χ1n) is 14.1. The molecule has 2 aromatic carbocycles. The molecule has 1 aliphatic heterocycles. The number of benzene rings is 2. The van der Waals surface area contributed by atoms with Gasteiger partial charge in [-0.2, -0.15) is 9.97 Å². The molecule has 0 amide bonds. The minimum atomic E-state index is -0.301. The summed E-state index contributed by atoms with van der Waals surface area (Å²) in [5.74, 6) is 1.12. The van der Waals surface area contributed by atoms with Crippen molar-refractivity contribution in [2.75, 3.05) is 66.7 Å². The maximum atomic E-state index is 13.7. The zero-order chi connectivity index (χ0) is 30.3. The van der Waals surface area contributed by atoms with Crippen LogP contribution in [0.5, 0.6) is 0 Å². The van der Waals surface area contributed by atoms with Crippen LogP contribution < -0.4 is 20.9 Å². The molecule has 3 heterocycles. The van der Waals surface area contributed by atoms with Crippen LogP contribution in [0.15, 0.2) is 86.5 Å². The molecule has 0 bridgehead atoms. The molecule has 5 rings (SSSR count). The topological polar surface area (TPSA) is 99.3 Å². The van der Waals surface area contributed by atoms with Gasteiger partial charge in [0.1, 0.15) is 22.7 Å². The quantitative estimate of drug-likeness (QED) is 0.224. The van der Waals surface area contributed by atoms with Crippen molar-refractivity contribution in [3.63, 3.8) is 0 Å². The standard InChI is InChI=1S/C32H35F2N9/c1-4-15-36-30-27-26(37-32(40-30)42(16-5-2)17-6-3)29(35)39-31(38-27)43-20-18-41(19-21-43)28(22-7-11-24(33)12-8-22)23-9-13-25(34)14-10-23/h4-14,28H,1-3,15-21H2,(H2,35,38,39)(H,36,37,40). The molecule has 0 radical (unpaired) electrons. The van der Waals surface area contributed by atoms with Gasteiger partial charge in [-0.3, -0.25) is 4.90 Å². The number of hydrogen-bond acceptors (Lipinski definition) is 9. The molecular weight excluding hydrogens is 548 g/mol. The number of rotatable bonds is 12. The number of halogens is 2. The van der Waals surface area contributed by atoms with Crippen molar-refractivity contribution in [2.45, 2.75) is 6.04 Å². The highest BCUT2D eigenvalue weighted by atomic mass is 19.1. The minimum Gasteiger partial charge on any atom is -0.382 e. The molecule has 0 spiro atoms. The van der Waals surface area contributed by atoms with E-state index in [-0.39, 0.29) is 23.5 Å². The van der Waals surface area contributed by atoms with E-state index < -0.39 is 0 Å². The highest BCUT2D eigenvalue weighted by molar-refractivity contribution is 5.93. The highest BCUT2D eigenvalue weighted by Gasteiger charge is 2.28. The summed E-state index contributed by atoms with van der Waals surface area (Å²) < 4.78 is 27.5. The molecule has 3 N–H and O–H groups in total. The molecule has 0 saturated carbocycles. The van der Waals surface area contributed by atoms with Crippen molar-refractivity contribution >= 4 is 34.6 Å². The Bertz CT molecular complexity index is 1530. The lowest BCUT2D eigenvalue weighted by molar-refractivity contribution is 0.211. The van der Waals surface area contributed by atoms with E-state index in [4.69, 9.17) is 20.7 Å². The van der Waals surface area contributed by atoms with Crippen LogP contribution in [0.4, 0.5) is 32.3 Å². The van der Waals surface area contributed by atoms with Crippen LogP contribution in [0.1, 0.15) is 17.2 Å². The van der Waals surface area contributed by atoms with Crippen molar-refractivity contribution in [2.24, 2.45) is 0 Å². The largest absolute Gasteiger partial charge is 0.382 e. The number of nitrogens with zero attached hydrogens (tertiary/aromatic N) is 7. The molecule has 1 aliphatic rings. The third kappa shape index (κ3) is 6.62. The second kappa shape index (κ2) is 13.4. The van der Waals surface area contributed by atoms with Gasteiger partial charge in [-0.05, 0) is 35.4 Å². The van der Waals surface area contributed by atoms with Crippen molar-refractivity contribution in [3.05, 3.63) is 109 Å². The molecule has 1 fully saturated rings. The SMILES string of the molecule is C=CCNc1nc(N(CC=C)CC=C)nc2c(N)nc(N3CCN(C(c4ccc(F)cc4)c4ccc(F)cc4)CC3)nc12. The lowest BCUT2D eigenvalue weighted by atomic mass is 9.96. The van der Waals surface area contributed by atoms with E-state index >= 15 is 0 Å². The number of piperazine rings is 1. The Morgan fingerprint density at radius 1 is 0.791 bits per heavy atom. The monoisotopic (exact) mass is 583 g/mol.